The summed E-state index contributed by atoms with van der Waals surface area (Å²) < 4.78 is 13.7. The molecule has 1 amide bonds. The highest BCUT2D eigenvalue weighted by Crippen LogP contribution is 2.21. The van der Waals surface area contributed by atoms with Crippen LogP contribution in [0.15, 0.2) is 22.7 Å². The Labute approximate surface area is 114 Å². The van der Waals surface area contributed by atoms with Crippen LogP contribution in [0.3, 0.4) is 0 Å². The summed E-state index contributed by atoms with van der Waals surface area (Å²) in [6, 6.07) is 4.14. The van der Waals surface area contributed by atoms with Crippen molar-refractivity contribution >= 4 is 34.2 Å². The van der Waals surface area contributed by atoms with E-state index in [1.54, 1.807) is 11.0 Å². The number of halogens is 3. The molecular weight excluding hydrogens is 310 g/mol. The molecular formula is C11H13BrClFN2O. The fourth-order valence-corrected chi connectivity index (χ4v) is 2.22. The van der Waals surface area contributed by atoms with Crippen molar-refractivity contribution in [1.82, 2.24) is 4.90 Å². The summed E-state index contributed by atoms with van der Waals surface area (Å²) in [6.07, 6.45) is 0.804. The molecule has 1 aliphatic rings. The highest BCUT2D eigenvalue weighted by molar-refractivity contribution is 9.10. The van der Waals surface area contributed by atoms with Crippen LogP contribution >= 0.6 is 28.3 Å². The van der Waals surface area contributed by atoms with Gasteiger partial charge in [0.05, 0.1) is 5.56 Å². The van der Waals surface area contributed by atoms with Crippen molar-refractivity contribution in [3.05, 3.63) is 34.1 Å². The molecule has 3 nitrogen and oxygen atoms in total. The van der Waals surface area contributed by atoms with Crippen molar-refractivity contribution < 1.29 is 9.18 Å². The van der Waals surface area contributed by atoms with E-state index in [1.165, 1.54) is 12.1 Å². The van der Waals surface area contributed by atoms with Gasteiger partial charge in [-0.3, -0.25) is 4.79 Å². The van der Waals surface area contributed by atoms with Crippen molar-refractivity contribution in [2.75, 3.05) is 13.1 Å². The van der Waals surface area contributed by atoms with Crippen molar-refractivity contribution in [2.24, 2.45) is 5.73 Å². The molecule has 6 heteroatoms. The van der Waals surface area contributed by atoms with Gasteiger partial charge in [-0.1, -0.05) is 0 Å². The molecule has 1 heterocycles. The predicted molar refractivity (Wildman–Crippen MR) is 69.8 cm³/mol. The summed E-state index contributed by atoms with van der Waals surface area (Å²) >= 11 is 3.25. The van der Waals surface area contributed by atoms with Crippen molar-refractivity contribution in [3.8, 4) is 0 Å². The smallest absolute Gasteiger partial charge is 0.255 e. The summed E-state index contributed by atoms with van der Waals surface area (Å²) in [6.45, 7) is 1.19. The number of hydrogen-bond acceptors (Lipinski definition) is 2. The van der Waals surface area contributed by atoms with Crippen molar-refractivity contribution in [1.29, 1.82) is 0 Å². The fraction of sp³-hybridized carbons (Fsp3) is 0.364. The lowest BCUT2D eigenvalue weighted by molar-refractivity contribution is 0.0789. The van der Waals surface area contributed by atoms with E-state index in [0.29, 0.717) is 23.1 Å². The Morgan fingerprint density at radius 2 is 2.24 bits per heavy atom. The number of carbonyl (C=O) groups excluding carboxylic acids is 1. The van der Waals surface area contributed by atoms with E-state index < -0.39 is 5.82 Å². The third kappa shape index (κ3) is 3.18. The molecule has 94 valence electrons. The molecule has 2 N–H and O–H groups in total. The number of carbonyl (C=O) groups is 1. The summed E-state index contributed by atoms with van der Waals surface area (Å²) in [5.74, 6) is -0.575. The number of nitrogens with zero attached hydrogens (tertiary/aromatic N) is 1. The lowest BCUT2D eigenvalue weighted by atomic mass is 10.2. The molecule has 1 aliphatic heterocycles. The largest absolute Gasteiger partial charge is 0.337 e. The van der Waals surface area contributed by atoms with Gasteiger partial charge >= 0.3 is 0 Å². The molecule has 0 aliphatic carbocycles. The van der Waals surface area contributed by atoms with E-state index in [1.807, 2.05) is 0 Å². The van der Waals surface area contributed by atoms with Crippen molar-refractivity contribution in [2.45, 2.75) is 12.5 Å². The third-order valence-electron chi connectivity index (χ3n) is 2.67. The Bertz CT molecular complexity index is 430. The van der Waals surface area contributed by atoms with E-state index in [9.17, 15) is 9.18 Å². The van der Waals surface area contributed by atoms with Gasteiger partial charge < -0.3 is 10.6 Å². The van der Waals surface area contributed by atoms with Crippen LogP contribution in [0.2, 0.25) is 0 Å². The molecule has 0 bridgehead atoms. The second-order valence-corrected chi connectivity index (χ2v) is 4.78. The molecule has 0 saturated carbocycles. The Hall–Kier alpha value is -0.650. The van der Waals surface area contributed by atoms with Crippen LogP contribution in [0, 0.1) is 5.82 Å². The normalized spacial score (nSPS) is 19.0. The quantitative estimate of drug-likeness (QED) is 0.861. The predicted octanol–water partition coefficient (Wildman–Crippen LogP) is 2.18. The van der Waals surface area contributed by atoms with Crippen LogP contribution in [0.5, 0.6) is 0 Å². The minimum absolute atomic E-state index is 0. The first-order valence-electron chi connectivity index (χ1n) is 5.08. The first kappa shape index (κ1) is 14.4. The van der Waals surface area contributed by atoms with Gasteiger partial charge in [0.25, 0.3) is 5.91 Å². The maximum atomic E-state index is 13.1. The Morgan fingerprint density at radius 3 is 2.82 bits per heavy atom. The second-order valence-electron chi connectivity index (χ2n) is 3.92. The zero-order chi connectivity index (χ0) is 11.7. The van der Waals surface area contributed by atoms with E-state index >= 15 is 0 Å². The summed E-state index contributed by atoms with van der Waals surface area (Å²) in [5.41, 5.74) is 6.08. The zero-order valence-corrected chi connectivity index (χ0v) is 11.4. The lowest BCUT2D eigenvalue weighted by Crippen LogP contribution is -2.32. The van der Waals surface area contributed by atoms with Crippen LogP contribution < -0.4 is 5.73 Å². The van der Waals surface area contributed by atoms with Gasteiger partial charge in [-0.25, -0.2) is 4.39 Å². The minimum Gasteiger partial charge on any atom is -0.337 e. The van der Waals surface area contributed by atoms with Gasteiger partial charge in [-0.2, -0.15) is 0 Å². The molecule has 1 fully saturated rings. The number of nitrogens with two attached hydrogens (primary N) is 1. The number of hydrogen-bond donors (Lipinski definition) is 1. The van der Waals surface area contributed by atoms with Gasteiger partial charge in [0.2, 0.25) is 0 Å². The lowest BCUT2D eigenvalue weighted by Gasteiger charge is -2.16. The molecule has 1 saturated heterocycles. The molecule has 1 atom stereocenters. The molecule has 0 spiro atoms. The van der Waals surface area contributed by atoms with Crippen molar-refractivity contribution in [3.63, 3.8) is 0 Å². The average Bonchev–Trinajstić information content (AvgIpc) is 2.67. The van der Waals surface area contributed by atoms with Gasteiger partial charge in [-0.05, 0) is 40.5 Å². The van der Waals surface area contributed by atoms with E-state index in [2.05, 4.69) is 15.9 Å². The fourth-order valence-electron chi connectivity index (χ4n) is 1.80. The van der Waals surface area contributed by atoms with Crippen LogP contribution in [-0.2, 0) is 0 Å². The first-order valence-corrected chi connectivity index (χ1v) is 5.87. The Balaban J connectivity index is 0.00000144. The summed E-state index contributed by atoms with van der Waals surface area (Å²) in [5, 5.41) is 0. The monoisotopic (exact) mass is 322 g/mol. The number of rotatable bonds is 1. The molecule has 1 aromatic rings. The highest BCUT2D eigenvalue weighted by atomic mass is 79.9. The standard InChI is InChI=1S/C11H12BrFN2O.ClH/c12-10-2-1-7(13)5-9(10)11(16)15-4-3-8(14)6-15;/h1-2,5,8H,3-4,6,14H2;1H/t8-;/m1./s1. The molecule has 1 aromatic carbocycles. The van der Waals surface area contributed by atoms with Crippen LogP contribution in [0.1, 0.15) is 16.8 Å². The van der Waals surface area contributed by atoms with Gasteiger partial charge in [0.1, 0.15) is 5.82 Å². The number of amides is 1. The topological polar surface area (TPSA) is 46.3 Å². The third-order valence-corrected chi connectivity index (χ3v) is 3.36. The molecule has 17 heavy (non-hydrogen) atoms. The average molecular weight is 324 g/mol. The summed E-state index contributed by atoms with van der Waals surface area (Å²) in [4.78, 5) is 13.7. The Kier molecular flexibility index (Phi) is 4.91. The van der Waals surface area contributed by atoms with Gasteiger partial charge in [0, 0.05) is 23.6 Å². The first-order chi connectivity index (χ1) is 7.58. The molecule has 0 unspecified atom stereocenters. The SMILES string of the molecule is Cl.N[C@@H]1CCN(C(=O)c2cc(F)ccc2Br)C1. The second kappa shape index (κ2) is 5.80. The van der Waals surface area contributed by atoms with Crippen LogP contribution in [0.4, 0.5) is 4.39 Å². The minimum atomic E-state index is -0.407. The van der Waals surface area contributed by atoms with E-state index in [-0.39, 0.29) is 24.4 Å². The summed E-state index contributed by atoms with van der Waals surface area (Å²) in [7, 11) is 0. The highest BCUT2D eigenvalue weighted by Gasteiger charge is 2.25. The van der Waals surface area contributed by atoms with Gasteiger partial charge in [-0.15, -0.1) is 12.4 Å². The maximum Gasteiger partial charge on any atom is 0.255 e. The molecule has 0 aromatic heterocycles. The molecule has 0 radical (unpaired) electrons. The maximum absolute atomic E-state index is 13.1. The van der Waals surface area contributed by atoms with E-state index in [0.717, 1.165) is 6.42 Å². The molecule has 2 rings (SSSR count). The van der Waals surface area contributed by atoms with Gasteiger partial charge in [0.15, 0.2) is 0 Å². The van der Waals surface area contributed by atoms with Crippen LogP contribution in [0.25, 0.3) is 0 Å². The van der Waals surface area contributed by atoms with E-state index in [4.69, 9.17) is 5.73 Å². The Morgan fingerprint density at radius 1 is 1.53 bits per heavy atom. The zero-order valence-electron chi connectivity index (χ0n) is 9.03. The number of likely N-dealkylation sites (tertiary alicyclic amines) is 1. The number of benzene rings is 1. The van der Waals surface area contributed by atoms with Crippen LogP contribution in [-0.4, -0.2) is 29.9 Å².